The Bertz CT molecular complexity index is 523. The Morgan fingerprint density at radius 3 is 2.48 bits per heavy atom. The first-order valence-corrected chi connectivity index (χ1v) is 7.32. The van der Waals surface area contributed by atoms with Crippen molar-refractivity contribution in [1.29, 1.82) is 5.26 Å². The molecule has 0 saturated carbocycles. The predicted molar refractivity (Wildman–Crippen MR) is 76.0 cm³/mol. The van der Waals surface area contributed by atoms with Crippen LogP contribution in [-0.4, -0.2) is 13.1 Å². The maximum atomic E-state index is 12.8. The summed E-state index contributed by atoms with van der Waals surface area (Å²) in [7, 11) is 0. The molecule has 0 aliphatic carbocycles. The van der Waals surface area contributed by atoms with Crippen LogP contribution in [0.15, 0.2) is 18.2 Å². The Kier molecular flexibility index (Phi) is 4.76. The fourth-order valence-corrected chi connectivity index (χ4v) is 2.96. The van der Waals surface area contributed by atoms with Gasteiger partial charge in [0.05, 0.1) is 17.2 Å². The predicted octanol–water partition coefficient (Wildman–Crippen LogP) is 4.59. The van der Waals surface area contributed by atoms with E-state index in [9.17, 15) is 13.2 Å². The van der Waals surface area contributed by atoms with Crippen LogP contribution in [0.25, 0.3) is 0 Å². The van der Waals surface area contributed by atoms with Crippen LogP contribution in [0.3, 0.4) is 0 Å². The van der Waals surface area contributed by atoms with Gasteiger partial charge in [-0.15, -0.1) is 0 Å². The van der Waals surface area contributed by atoms with E-state index in [1.807, 2.05) is 0 Å². The minimum absolute atomic E-state index is 0.296. The zero-order chi connectivity index (χ0) is 15.5. The van der Waals surface area contributed by atoms with Gasteiger partial charge in [0.1, 0.15) is 0 Å². The van der Waals surface area contributed by atoms with Crippen LogP contribution in [0.5, 0.6) is 0 Å². The minimum atomic E-state index is -4.47. The highest BCUT2D eigenvalue weighted by molar-refractivity contribution is 5.55. The average molecular weight is 296 g/mol. The van der Waals surface area contributed by atoms with Gasteiger partial charge in [-0.3, -0.25) is 0 Å². The molecule has 0 aromatic heterocycles. The molecule has 0 unspecified atom stereocenters. The van der Waals surface area contributed by atoms with Crippen molar-refractivity contribution in [2.45, 2.75) is 38.8 Å². The monoisotopic (exact) mass is 296 g/mol. The number of rotatable bonds is 3. The number of nitriles is 1. The van der Waals surface area contributed by atoms with Gasteiger partial charge < -0.3 is 4.90 Å². The van der Waals surface area contributed by atoms with Gasteiger partial charge in [-0.25, -0.2) is 0 Å². The first-order valence-electron chi connectivity index (χ1n) is 7.32. The highest BCUT2D eigenvalue weighted by atomic mass is 19.4. The van der Waals surface area contributed by atoms with E-state index in [2.05, 4.69) is 11.8 Å². The van der Waals surface area contributed by atoms with Crippen molar-refractivity contribution in [3.8, 4) is 6.07 Å². The number of benzene rings is 1. The van der Waals surface area contributed by atoms with Gasteiger partial charge >= 0.3 is 6.18 Å². The zero-order valence-corrected chi connectivity index (χ0v) is 12.1. The lowest BCUT2D eigenvalue weighted by molar-refractivity contribution is -0.137. The smallest absolute Gasteiger partial charge is 0.371 e. The van der Waals surface area contributed by atoms with E-state index in [-0.39, 0.29) is 5.56 Å². The standard InChI is InChI=1S/C16H19F3N2/c1-2-3-12-6-8-21(9-7-12)14-4-5-15(16(17,18)19)13(10-14)11-20/h4-5,10,12H,2-3,6-9H2,1H3. The molecule has 1 fully saturated rings. The Hall–Kier alpha value is -1.70. The van der Waals surface area contributed by atoms with Gasteiger partial charge in [0.2, 0.25) is 0 Å². The molecule has 0 bridgehead atoms. The van der Waals surface area contributed by atoms with E-state index < -0.39 is 11.7 Å². The molecule has 5 heteroatoms. The second kappa shape index (κ2) is 6.38. The van der Waals surface area contributed by atoms with Crippen LogP contribution in [0.4, 0.5) is 18.9 Å². The van der Waals surface area contributed by atoms with E-state index in [4.69, 9.17) is 5.26 Å². The molecule has 2 nitrogen and oxygen atoms in total. The maximum absolute atomic E-state index is 12.8. The quantitative estimate of drug-likeness (QED) is 0.815. The molecular weight excluding hydrogens is 277 g/mol. The number of nitrogens with zero attached hydrogens (tertiary/aromatic N) is 2. The van der Waals surface area contributed by atoms with Crippen LogP contribution in [0.1, 0.15) is 43.7 Å². The van der Waals surface area contributed by atoms with Crippen molar-refractivity contribution in [2.75, 3.05) is 18.0 Å². The zero-order valence-electron chi connectivity index (χ0n) is 12.1. The van der Waals surface area contributed by atoms with E-state index in [0.717, 1.165) is 43.6 Å². The molecule has 2 rings (SSSR count). The summed E-state index contributed by atoms with van der Waals surface area (Å²) in [6.07, 6.45) is 0.0407. The molecule has 1 heterocycles. The summed E-state index contributed by atoms with van der Waals surface area (Å²) in [4.78, 5) is 2.08. The van der Waals surface area contributed by atoms with Gasteiger partial charge in [0.25, 0.3) is 0 Å². The number of halogens is 3. The molecule has 1 saturated heterocycles. The minimum Gasteiger partial charge on any atom is -0.371 e. The largest absolute Gasteiger partial charge is 0.417 e. The molecule has 21 heavy (non-hydrogen) atoms. The fraction of sp³-hybridized carbons (Fsp3) is 0.562. The molecule has 0 amide bonds. The summed E-state index contributed by atoms with van der Waals surface area (Å²) in [5.41, 5.74) is -0.431. The second-order valence-corrected chi connectivity index (χ2v) is 5.56. The Balaban J connectivity index is 2.14. The maximum Gasteiger partial charge on any atom is 0.417 e. The summed E-state index contributed by atoms with van der Waals surface area (Å²) in [5, 5.41) is 8.95. The summed E-state index contributed by atoms with van der Waals surface area (Å²) in [6.45, 7) is 3.86. The first kappa shape index (κ1) is 15.7. The van der Waals surface area contributed by atoms with E-state index >= 15 is 0 Å². The van der Waals surface area contributed by atoms with E-state index in [1.54, 1.807) is 6.07 Å². The Morgan fingerprint density at radius 2 is 1.95 bits per heavy atom. The third-order valence-electron chi connectivity index (χ3n) is 4.11. The number of anilines is 1. The van der Waals surface area contributed by atoms with Crippen molar-refractivity contribution in [1.82, 2.24) is 0 Å². The molecule has 0 radical (unpaired) electrons. The highest BCUT2D eigenvalue weighted by Crippen LogP contribution is 2.34. The molecule has 0 atom stereocenters. The number of hydrogen-bond donors (Lipinski definition) is 0. The van der Waals surface area contributed by atoms with Crippen molar-refractivity contribution in [2.24, 2.45) is 5.92 Å². The third-order valence-corrected chi connectivity index (χ3v) is 4.11. The molecule has 114 valence electrons. The summed E-state index contributed by atoms with van der Waals surface area (Å²) in [5.74, 6) is 0.719. The Morgan fingerprint density at radius 1 is 1.29 bits per heavy atom. The van der Waals surface area contributed by atoms with Crippen molar-refractivity contribution < 1.29 is 13.2 Å². The lowest BCUT2D eigenvalue weighted by Gasteiger charge is -2.33. The number of piperidine rings is 1. The molecule has 0 spiro atoms. The lowest BCUT2D eigenvalue weighted by Crippen LogP contribution is -2.33. The first-order chi connectivity index (χ1) is 9.95. The SMILES string of the molecule is CCCC1CCN(c2ccc(C(F)(F)F)c(C#N)c2)CC1. The lowest BCUT2D eigenvalue weighted by atomic mass is 9.92. The highest BCUT2D eigenvalue weighted by Gasteiger charge is 2.34. The van der Waals surface area contributed by atoms with Crippen molar-refractivity contribution >= 4 is 5.69 Å². The summed E-state index contributed by atoms with van der Waals surface area (Å²) < 4.78 is 38.3. The Labute approximate surface area is 123 Å². The van der Waals surface area contributed by atoms with Crippen molar-refractivity contribution in [3.05, 3.63) is 29.3 Å². The number of hydrogen-bond acceptors (Lipinski definition) is 2. The van der Waals surface area contributed by atoms with Crippen LogP contribution < -0.4 is 4.90 Å². The van der Waals surface area contributed by atoms with E-state index in [1.165, 1.54) is 25.0 Å². The fourth-order valence-electron chi connectivity index (χ4n) is 2.96. The van der Waals surface area contributed by atoms with Crippen LogP contribution in [-0.2, 0) is 6.18 Å². The molecule has 0 N–H and O–H groups in total. The van der Waals surface area contributed by atoms with E-state index in [0.29, 0.717) is 0 Å². The van der Waals surface area contributed by atoms with Gasteiger partial charge in [0, 0.05) is 18.8 Å². The van der Waals surface area contributed by atoms with Crippen LogP contribution >= 0.6 is 0 Å². The topological polar surface area (TPSA) is 27.0 Å². The molecular formula is C16H19F3N2. The van der Waals surface area contributed by atoms with Crippen molar-refractivity contribution in [3.63, 3.8) is 0 Å². The summed E-state index contributed by atoms with van der Waals surface area (Å²) >= 11 is 0. The molecule has 1 aliphatic rings. The second-order valence-electron chi connectivity index (χ2n) is 5.56. The normalized spacial score (nSPS) is 16.8. The average Bonchev–Trinajstić information content (AvgIpc) is 2.47. The van der Waals surface area contributed by atoms with Gasteiger partial charge in [0.15, 0.2) is 0 Å². The molecule has 1 aliphatic heterocycles. The molecule has 1 aromatic carbocycles. The van der Waals surface area contributed by atoms with Gasteiger partial charge in [-0.2, -0.15) is 18.4 Å². The number of alkyl halides is 3. The molecule has 1 aromatic rings. The third kappa shape index (κ3) is 3.69. The van der Waals surface area contributed by atoms with Gasteiger partial charge in [-0.05, 0) is 37.0 Å². The van der Waals surface area contributed by atoms with Crippen LogP contribution in [0, 0.1) is 17.2 Å². The summed E-state index contributed by atoms with van der Waals surface area (Å²) in [6, 6.07) is 5.52. The van der Waals surface area contributed by atoms with Crippen LogP contribution in [0.2, 0.25) is 0 Å². The van der Waals surface area contributed by atoms with Gasteiger partial charge in [-0.1, -0.05) is 19.8 Å².